The third-order valence-electron chi connectivity index (χ3n) is 3.41. The van der Waals surface area contributed by atoms with Gasteiger partial charge >= 0.3 is 6.61 Å². The van der Waals surface area contributed by atoms with Crippen LogP contribution in [0.4, 0.5) is 8.78 Å². The normalized spacial score (nSPS) is 14.6. The second kappa shape index (κ2) is 6.60. The molecule has 0 atom stereocenters. The molecule has 0 saturated carbocycles. The molecule has 0 fully saturated rings. The van der Waals surface area contributed by atoms with Crippen molar-refractivity contribution in [1.82, 2.24) is 0 Å². The van der Waals surface area contributed by atoms with E-state index in [-0.39, 0.29) is 39.6 Å². The number of methoxy groups -OCH3 is 1. The number of ether oxygens (including phenoxy) is 3. The van der Waals surface area contributed by atoms with Gasteiger partial charge in [0.25, 0.3) is 0 Å². The number of fused-ring (bicyclic) bond motifs is 1. The van der Waals surface area contributed by atoms with Gasteiger partial charge in [-0.3, -0.25) is 4.79 Å². The van der Waals surface area contributed by atoms with E-state index in [9.17, 15) is 18.7 Å². The largest absolute Gasteiger partial charge is 0.508 e. The first-order valence-corrected chi connectivity index (χ1v) is 7.36. The topological polar surface area (TPSA) is 65.0 Å². The lowest BCUT2D eigenvalue weighted by Gasteiger charge is -2.12. The van der Waals surface area contributed by atoms with Crippen LogP contribution in [-0.2, 0) is 0 Å². The third kappa shape index (κ3) is 3.36. The first-order valence-electron chi connectivity index (χ1n) is 6.98. The molecule has 0 amide bonds. The molecule has 2 aromatic carbocycles. The van der Waals surface area contributed by atoms with E-state index in [1.54, 1.807) is 0 Å². The molecule has 0 unspecified atom stereocenters. The molecule has 0 bridgehead atoms. The first-order chi connectivity index (χ1) is 11.9. The molecule has 5 nitrogen and oxygen atoms in total. The smallest absolute Gasteiger partial charge is 0.387 e. The van der Waals surface area contributed by atoms with Crippen LogP contribution in [0.5, 0.6) is 23.0 Å². The van der Waals surface area contributed by atoms with E-state index < -0.39 is 6.61 Å². The zero-order chi connectivity index (χ0) is 18.1. The predicted molar refractivity (Wildman–Crippen MR) is 85.7 cm³/mol. The van der Waals surface area contributed by atoms with Crippen molar-refractivity contribution in [3.63, 3.8) is 0 Å². The van der Waals surface area contributed by atoms with Gasteiger partial charge in [0.15, 0.2) is 17.3 Å². The van der Waals surface area contributed by atoms with Gasteiger partial charge in [0.05, 0.1) is 17.7 Å². The van der Waals surface area contributed by atoms with E-state index >= 15 is 0 Å². The molecule has 0 radical (unpaired) electrons. The minimum atomic E-state index is -3.06. The molecule has 1 aliphatic heterocycles. The Morgan fingerprint density at radius 2 is 2.04 bits per heavy atom. The molecule has 8 heteroatoms. The summed E-state index contributed by atoms with van der Waals surface area (Å²) in [7, 11) is 1.27. The van der Waals surface area contributed by atoms with Crippen molar-refractivity contribution in [3.05, 3.63) is 52.2 Å². The first kappa shape index (κ1) is 17.0. The standard InChI is InChI=1S/C17H11ClF2O5/c1-23-14-6-8(4-11(18)16(14)25-17(19)20)5-13-15(22)10-3-2-9(21)7-12(10)24-13/h2-7,17,21H,1H3/b13-5+. The fourth-order valence-electron chi connectivity index (χ4n) is 2.35. The van der Waals surface area contributed by atoms with Crippen LogP contribution in [0.1, 0.15) is 15.9 Å². The zero-order valence-electron chi connectivity index (χ0n) is 12.8. The van der Waals surface area contributed by atoms with Crippen LogP contribution < -0.4 is 14.2 Å². The minimum Gasteiger partial charge on any atom is -0.508 e. The number of carbonyl (C=O) groups is 1. The summed E-state index contributed by atoms with van der Waals surface area (Å²) >= 11 is 5.96. The van der Waals surface area contributed by atoms with E-state index in [1.165, 1.54) is 43.5 Å². The van der Waals surface area contributed by atoms with Crippen LogP contribution in [0.15, 0.2) is 36.1 Å². The highest BCUT2D eigenvalue weighted by molar-refractivity contribution is 6.32. The van der Waals surface area contributed by atoms with Crippen LogP contribution in [0.2, 0.25) is 5.02 Å². The molecule has 25 heavy (non-hydrogen) atoms. The van der Waals surface area contributed by atoms with Crippen LogP contribution in [0, 0.1) is 0 Å². The molecule has 1 N–H and O–H groups in total. The fourth-order valence-corrected chi connectivity index (χ4v) is 2.62. The highest BCUT2D eigenvalue weighted by Crippen LogP contribution is 2.39. The molecular formula is C17H11ClF2O5. The van der Waals surface area contributed by atoms with Crippen molar-refractivity contribution in [2.24, 2.45) is 0 Å². The number of ketones is 1. The monoisotopic (exact) mass is 368 g/mol. The number of halogens is 3. The van der Waals surface area contributed by atoms with Gasteiger partial charge in [0.1, 0.15) is 11.5 Å². The highest BCUT2D eigenvalue weighted by atomic mass is 35.5. The Bertz CT molecular complexity index is 880. The number of phenols is 1. The van der Waals surface area contributed by atoms with E-state index in [4.69, 9.17) is 21.1 Å². The van der Waals surface area contributed by atoms with Crippen molar-refractivity contribution in [2.75, 3.05) is 7.11 Å². The molecule has 1 heterocycles. The van der Waals surface area contributed by atoms with Gasteiger partial charge in [0, 0.05) is 6.07 Å². The number of allylic oxidation sites excluding steroid dienone is 1. The number of hydrogen-bond donors (Lipinski definition) is 1. The van der Waals surface area contributed by atoms with Crippen molar-refractivity contribution >= 4 is 23.5 Å². The van der Waals surface area contributed by atoms with Gasteiger partial charge in [-0.15, -0.1) is 0 Å². The third-order valence-corrected chi connectivity index (χ3v) is 3.69. The maximum Gasteiger partial charge on any atom is 0.387 e. The number of aromatic hydroxyl groups is 1. The van der Waals surface area contributed by atoms with Crippen molar-refractivity contribution in [2.45, 2.75) is 6.61 Å². The summed E-state index contributed by atoms with van der Waals surface area (Å²) in [6.07, 6.45) is 1.39. The van der Waals surface area contributed by atoms with Gasteiger partial charge in [-0.2, -0.15) is 8.78 Å². The molecule has 130 valence electrons. The molecule has 0 saturated heterocycles. The van der Waals surface area contributed by atoms with Gasteiger partial charge in [0.2, 0.25) is 5.78 Å². The Labute approximate surface area is 146 Å². The summed E-state index contributed by atoms with van der Waals surface area (Å²) < 4.78 is 39.7. The van der Waals surface area contributed by atoms with Crippen molar-refractivity contribution in [1.29, 1.82) is 0 Å². The highest BCUT2D eigenvalue weighted by Gasteiger charge is 2.28. The van der Waals surface area contributed by atoms with E-state index in [0.29, 0.717) is 11.1 Å². The van der Waals surface area contributed by atoms with Gasteiger partial charge < -0.3 is 19.3 Å². The van der Waals surface area contributed by atoms with Gasteiger partial charge in [-0.1, -0.05) is 11.6 Å². The number of phenolic OH excluding ortho intramolecular Hbond substituents is 1. The van der Waals surface area contributed by atoms with E-state index in [1.807, 2.05) is 0 Å². The Hall–Kier alpha value is -2.80. The Balaban J connectivity index is 1.97. The molecule has 1 aliphatic rings. The average Bonchev–Trinajstić information content (AvgIpc) is 2.84. The minimum absolute atomic E-state index is 0.00116. The molecule has 3 rings (SSSR count). The molecule has 0 aliphatic carbocycles. The second-order valence-corrected chi connectivity index (χ2v) is 5.44. The number of rotatable bonds is 4. The van der Waals surface area contributed by atoms with E-state index in [0.717, 1.165) is 0 Å². The summed E-state index contributed by atoms with van der Waals surface area (Å²) in [4.78, 5) is 12.3. The van der Waals surface area contributed by atoms with Crippen LogP contribution in [0.25, 0.3) is 6.08 Å². The number of alkyl halides is 2. The van der Waals surface area contributed by atoms with Gasteiger partial charge in [-0.05, 0) is 35.9 Å². The lowest BCUT2D eigenvalue weighted by molar-refractivity contribution is -0.0511. The van der Waals surface area contributed by atoms with Crippen molar-refractivity contribution in [3.8, 4) is 23.0 Å². The number of Topliss-reactive ketones (excluding diaryl/α,β-unsaturated/α-hetero) is 1. The summed E-state index contributed by atoms with van der Waals surface area (Å²) in [5, 5.41) is 9.34. The van der Waals surface area contributed by atoms with Gasteiger partial charge in [-0.25, -0.2) is 0 Å². The molecule has 0 aromatic heterocycles. The van der Waals surface area contributed by atoms with Crippen molar-refractivity contribution < 1.29 is 32.9 Å². The number of benzene rings is 2. The SMILES string of the molecule is COc1cc(/C=C2/Oc3cc(O)ccc3C2=O)cc(Cl)c1OC(F)F. The number of hydrogen-bond acceptors (Lipinski definition) is 5. The zero-order valence-corrected chi connectivity index (χ0v) is 13.5. The summed E-state index contributed by atoms with van der Waals surface area (Å²) in [5.74, 6) is -0.495. The van der Waals surface area contributed by atoms with Crippen LogP contribution >= 0.6 is 11.6 Å². The maximum absolute atomic E-state index is 12.4. The summed E-state index contributed by atoms with van der Waals surface area (Å²) in [6, 6.07) is 6.86. The Morgan fingerprint density at radius 1 is 1.28 bits per heavy atom. The molecule has 0 spiro atoms. The van der Waals surface area contributed by atoms with E-state index in [2.05, 4.69) is 4.74 Å². The predicted octanol–water partition coefficient (Wildman–Crippen LogP) is 4.27. The molecular weight excluding hydrogens is 358 g/mol. The van der Waals surface area contributed by atoms with Crippen LogP contribution in [-0.4, -0.2) is 24.6 Å². The maximum atomic E-state index is 12.4. The van der Waals surface area contributed by atoms with Crippen LogP contribution in [0.3, 0.4) is 0 Å². The lowest BCUT2D eigenvalue weighted by Crippen LogP contribution is -2.04. The summed E-state index contributed by atoms with van der Waals surface area (Å²) in [5.41, 5.74) is 0.698. The number of carbonyl (C=O) groups excluding carboxylic acids is 1. The average molecular weight is 369 g/mol. The lowest BCUT2D eigenvalue weighted by atomic mass is 10.1. The Morgan fingerprint density at radius 3 is 2.72 bits per heavy atom. The fraction of sp³-hybridized carbons (Fsp3) is 0.118. The second-order valence-electron chi connectivity index (χ2n) is 5.03. The molecule has 2 aromatic rings. The summed E-state index contributed by atoms with van der Waals surface area (Å²) in [6.45, 7) is -3.06. The quantitative estimate of drug-likeness (QED) is 0.816. The Kier molecular flexibility index (Phi) is 4.50.